The van der Waals surface area contributed by atoms with E-state index >= 15 is 0 Å². The fourth-order valence-electron chi connectivity index (χ4n) is 4.45. The first-order valence-corrected chi connectivity index (χ1v) is 10.4. The molecule has 152 valence electrons. The quantitative estimate of drug-likeness (QED) is 0.566. The van der Waals surface area contributed by atoms with Gasteiger partial charge in [0.25, 0.3) is 0 Å². The van der Waals surface area contributed by atoms with Crippen LogP contribution in [0.15, 0.2) is 46.9 Å². The van der Waals surface area contributed by atoms with Crippen molar-refractivity contribution in [1.82, 2.24) is 9.97 Å². The van der Waals surface area contributed by atoms with Crippen LogP contribution in [0.5, 0.6) is 11.5 Å². The average Bonchev–Trinajstić information content (AvgIpc) is 3.38. The zero-order valence-electron chi connectivity index (χ0n) is 16.9. The van der Waals surface area contributed by atoms with Gasteiger partial charge < -0.3 is 23.7 Å². The van der Waals surface area contributed by atoms with E-state index in [1.807, 2.05) is 31.2 Å². The standard InChI is InChI=1S/C23H22N4O3/c1-15-24-21-17-4-2-3-5-18(17)30-22(21)23(25-15)27-10-8-26(9-11-27)13-16-6-7-19-20(12-16)29-14-28-19/h2-7,12H,8-11,13-14H2,1H3/p+1. The van der Waals surface area contributed by atoms with Crippen LogP contribution in [0.3, 0.4) is 0 Å². The minimum Gasteiger partial charge on any atom is -0.454 e. The predicted molar refractivity (Wildman–Crippen MR) is 113 cm³/mol. The normalized spacial score (nSPS) is 16.6. The van der Waals surface area contributed by atoms with Crippen molar-refractivity contribution < 1.29 is 18.8 Å². The summed E-state index contributed by atoms with van der Waals surface area (Å²) in [6, 6.07) is 14.3. The highest BCUT2D eigenvalue weighted by atomic mass is 16.7. The number of fused-ring (bicyclic) bond motifs is 4. The first-order chi connectivity index (χ1) is 14.7. The van der Waals surface area contributed by atoms with Crippen molar-refractivity contribution in [1.29, 1.82) is 0 Å². The van der Waals surface area contributed by atoms with Crippen LogP contribution in [0.25, 0.3) is 22.1 Å². The van der Waals surface area contributed by atoms with Crippen LogP contribution >= 0.6 is 0 Å². The third-order valence-corrected chi connectivity index (χ3v) is 5.97. The maximum absolute atomic E-state index is 6.16. The number of nitrogens with zero attached hydrogens (tertiary/aromatic N) is 3. The molecule has 0 saturated carbocycles. The molecular weight excluding hydrogens is 380 g/mol. The van der Waals surface area contributed by atoms with E-state index in [0.717, 1.165) is 77.9 Å². The number of furan rings is 1. The number of benzene rings is 2. The van der Waals surface area contributed by atoms with E-state index < -0.39 is 0 Å². The lowest BCUT2D eigenvalue weighted by Crippen LogP contribution is -3.13. The topological polar surface area (TPSA) is 65.1 Å². The van der Waals surface area contributed by atoms with E-state index in [2.05, 4.69) is 28.1 Å². The molecule has 0 bridgehead atoms. The zero-order valence-corrected chi connectivity index (χ0v) is 16.9. The predicted octanol–water partition coefficient (Wildman–Crippen LogP) is 2.32. The summed E-state index contributed by atoms with van der Waals surface area (Å²) < 4.78 is 17.1. The molecule has 0 spiro atoms. The Morgan fingerprint density at radius 1 is 1.00 bits per heavy atom. The van der Waals surface area contributed by atoms with Crippen LogP contribution < -0.4 is 19.3 Å². The second-order valence-electron chi connectivity index (χ2n) is 7.97. The van der Waals surface area contributed by atoms with Gasteiger partial charge in [0.15, 0.2) is 22.9 Å². The van der Waals surface area contributed by atoms with Gasteiger partial charge in [-0.05, 0) is 37.3 Å². The molecule has 0 unspecified atom stereocenters. The number of nitrogens with one attached hydrogen (secondary N) is 1. The number of aryl methyl sites for hydroxylation is 1. The van der Waals surface area contributed by atoms with Gasteiger partial charge in [-0.1, -0.05) is 12.1 Å². The molecule has 0 amide bonds. The van der Waals surface area contributed by atoms with Crippen molar-refractivity contribution in [2.75, 3.05) is 37.9 Å². The van der Waals surface area contributed by atoms with Gasteiger partial charge in [0.05, 0.1) is 26.2 Å². The number of hydrogen-bond donors (Lipinski definition) is 1. The summed E-state index contributed by atoms with van der Waals surface area (Å²) in [5.74, 6) is 3.39. The molecule has 1 N–H and O–H groups in total. The first kappa shape index (κ1) is 17.5. The fourth-order valence-corrected chi connectivity index (χ4v) is 4.45. The molecule has 30 heavy (non-hydrogen) atoms. The summed E-state index contributed by atoms with van der Waals surface area (Å²) >= 11 is 0. The Bertz CT molecular complexity index is 1240. The van der Waals surface area contributed by atoms with Gasteiger partial charge in [-0.15, -0.1) is 0 Å². The highest BCUT2D eigenvalue weighted by molar-refractivity contribution is 6.05. The number of hydrogen-bond acceptors (Lipinski definition) is 6. The summed E-state index contributed by atoms with van der Waals surface area (Å²) in [6.07, 6.45) is 0. The molecule has 4 heterocycles. The average molecular weight is 403 g/mol. The van der Waals surface area contributed by atoms with Gasteiger partial charge in [0.2, 0.25) is 6.79 Å². The molecule has 0 aliphatic carbocycles. The van der Waals surface area contributed by atoms with Gasteiger partial charge in [0, 0.05) is 10.9 Å². The van der Waals surface area contributed by atoms with E-state index in [1.165, 1.54) is 5.56 Å². The van der Waals surface area contributed by atoms with E-state index in [4.69, 9.17) is 18.9 Å². The number of anilines is 1. The van der Waals surface area contributed by atoms with Crippen LogP contribution in [-0.2, 0) is 6.54 Å². The second kappa shape index (κ2) is 6.88. The molecular formula is C23H23N4O3+. The molecule has 7 nitrogen and oxygen atoms in total. The molecule has 4 aromatic rings. The summed E-state index contributed by atoms with van der Waals surface area (Å²) in [7, 11) is 0. The van der Waals surface area contributed by atoms with Crippen molar-refractivity contribution in [2.45, 2.75) is 13.5 Å². The summed E-state index contributed by atoms with van der Waals surface area (Å²) in [5.41, 5.74) is 3.84. The Balaban J connectivity index is 1.22. The smallest absolute Gasteiger partial charge is 0.231 e. The number of piperazine rings is 1. The van der Waals surface area contributed by atoms with Gasteiger partial charge >= 0.3 is 0 Å². The minimum atomic E-state index is 0.318. The minimum absolute atomic E-state index is 0.318. The summed E-state index contributed by atoms with van der Waals surface area (Å²) in [4.78, 5) is 13.3. The number of para-hydroxylation sites is 1. The lowest BCUT2D eigenvalue weighted by molar-refractivity contribution is -0.914. The summed E-state index contributed by atoms with van der Waals surface area (Å²) in [6.45, 7) is 7.20. The van der Waals surface area contributed by atoms with Gasteiger partial charge in [-0.2, -0.15) is 0 Å². The number of rotatable bonds is 3. The highest BCUT2D eigenvalue weighted by Gasteiger charge is 2.26. The van der Waals surface area contributed by atoms with Gasteiger partial charge in [-0.25, -0.2) is 9.97 Å². The van der Waals surface area contributed by atoms with Crippen molar-refractivity contribution >= 4 is 27.9 Å². The molecule has 6 rings (SSSR count). The van der Waals surface area contributed by atoms with Crippen molar-refractivity contribution in [2.24, 2.45) is 0 Å². The first-order valence-electron chi connectivity index (χ1n) is 10.4. The fraction of sp³-hybridized carbons (Fsp3) is 0.304. The maximum Gasteiger partial charge on any atom is 0.231 e. The number of aromatic nitrogens is 2. The Labute approximate surface area is 173 Å². The highest BCUT2D eigenvalue weighted by Crippen LogP contribution is 2.33. The lowest BCUT2D eigenvalue weighted by Gasteiger charge is -2.33. The maximum atomic E-state index is 6.16. The molecule has 2 aromatic carbocycles. The van der Waals surface area contributed by atoms with E-state index in [-0.39, 0.29) is 0 Å². The van der Waals surface area contributed by atoms with Crippen LogP contribution in [0, 0.1) is 6.92 Å². The molecule has 0 radical (unpaired) electrons. The number of quaternary nitrogens is 1. The van der Waals surface area contributed by atoms with Crippen LogP contribution in [0.4, 0.5) is 5.82 Å². The molecule has 2 aliphatic rings. The molecule has 1 fully saturated rings. The third kappa shape index (κ3) is 2.93. The van der Waals surface area contributed by atoms with Gasteiger partial charge in [0.1, 0.15) is 23.5 Å². The Morgan fingerprint density at radius 3 is 2.73 bits per heavy atom. The van der Waals surface area contributed by atoms with Crippen molar-refractivity contribution in [3.05, 3.63) is 53.9 Å². The monoisotopic (exact) mass is 403 g/mol. The summed E-state index contributed by atoms with van der Waals surface area (Å²) in [5, 5.41) is 1.05. The molecule has 2 aromatic heterocycles. The zero-order chi connectivity index (χ0) is 20.1. The Kier molecular flexibility index (Phi) is 4.02. The van der Waals surface area contributed by atoms with Crippen LogP contribution in [0.2, 0.25) is 0 Å². The molecule has 2 aliphatic heterocycles. The van der Waals surface area contributed by atoms with Crippen LogP contribution in [-0.4, -0.2) is 42.9 Å². The lowest BCUT2D eigenvalue weighted by atomic mass is 10.1. The second-order valence-corrected chi connectivity index (χ2v) is 7.97. The molecule has 1 saturated heterocycles. The van der Waals surface area contributed by atoms with Crippen molar-refractivity contribution in [3.8, 4) is 11.5 Å². The van der Waals surface area contributed by atoms with Crippen molar-refractivity contribution in [3.63, 3.8) is 0 Å². The van der Waals surface area contributed by atoms with Gasteiger partial charge in [-0.3, -0.25) is 0 Å². The van der Waals surface area contributed by atoms with E-state index in [0.29, 0.717) is 6.79 Å². The Hall–Kier alpha value is -3.32. The SMILES string of the molecule is Cc1nc(N2CC[NH+](Cc3ccc4c(c3)OCO4)CC2)c2oc3ccccc3c2n1. The van der Waals surface area contributed by atoms with E-state index in [1.54, 1.807) is 4.90 Å². The molecule has 7 heteroatoms. The third-order valence-electron chi connectivity index (χ3n) is 5.97. The van der Waals surface area contributed by atoms with E-state index in [9.17, 15) is 0 Å². The Morgan fingerprint density at radius 2 is 1.83 bits per heavy atom. The number of ether oxygens (including phenoxy) is 2. The van der Waals surface area contributed by atoms with Crippen LogP contribution in [0.1, 0.15) is 11.4 Å². The molecule has 0 atom stereocenters. The largest absolute Gasteiger partial charge is 0.454 e.